The normalized spacial score (nSPS) is 17.0. The maximum Gasteiger partial charge on any atom is 0.330 e. The molecule has 1 aliphatic heterocycles. The number of aromatic nitrogens is 2. The lowest BCUT2D eigenvalue weighted by Gasteiger charge is -2.28. The molecule has 1 unspecified atom stereocenters. The van der Waals surface area contributed by atoms with Gasteiger partial charge in [-0.1, -0.05) is 81.4 Å². The number of carbonyl (C=O) groups is 3. The number of amides is 4. The van der Waals surface area contributed by atoms with Gasteiger partial charge in [-0.15, -0.1) is 0 Å². The molecule has 2 aromatic carbocycles. The van der Waals surface area contributed by atoms with Crippen LogP contribution < -0.4 is 27.2 Å². The van der Waals surface area contributed by atoms with E-state index in [0.29, 0.717) is 5.56 Å². The van der Waals surface area contributed by atoms with Gasteiger partial charge in [0.1, 0.15) is 17.9 Å². The number of carbonyl (C=O) groups excluding carboxylic acids is 3. The molecular weight excluding hydrogens is 500 g/mol. The molecule has 1 aromatic heterocycles. The fraction of sp³-hybridized carbons (Fsp3) is 0.321. The second-order valence-corrected chi connectivity index (χ2v) is 9.91. The molecule has 4 N–H and O–H groups in total. The van der Waals surface area contributed by atoms with Gasteiger partial charge >= 0.3 is 11.7 Å². The van der Waals surface area contributed by atoms with Gasteiger partial charge in [0.2, 0.25) is 5.91 Å². The van der Waals surface area contributed by atoms with Crippen LogP contribution in [0, 0.1) is 5.92 Å². The topological polar surface area (TPSA) is 151 Å². The number of anilines is 2. The highest BCUT2D eigenvalue weighted by Gasteiger charge is 2.52. The van der Waals surface area contributed by atoms with E-state index in [4.69, 9.17) is 5.73 Å². The van der Waals surface area contributed by atoms with Crippen LogP contribution in [0.15, 0.2) is 70.3 Å². The first-order valence-electron chi connectivity index (χ1n) is 12.8. The molecule has 39 heavy (non-hydrogen) atoms. The molecular formula is C28H32N6O5. The van der Waals surface area contributed by atoms with Crippen LogP contribution in [0.2, 0.25) is 0 Å². The average molecular weight is 533 g/mol. The summed E-state index contributed by atoms with van der Waals surface area (Å²) < 4.78 is 1.18. The van der Waals surface area contributed by atoms with Crippen molar-refractivity contribution in [3.8, 4) is 0 Å². The van der Waals surface area contributed by atoms with Crippen molar-refractivity contribution in [3.63, 3.8) is 0 Å². The summed E-state index contributed by atoms with van der Waals surface area (Å²) in [6.07, 6.45) is 0.277. The summed E-state index contributed by atoms with van der Waals surface area (Å²) in [5.74, 6) is -1.54. The predicted octanol–water partition coefficient (Wildman–Crippen LogP) is 2.01. The van der Waals surface area contributed by atoms with Gasteiger partial charge in [-0.05, 0) is 23.5 Å². The van der Waals surface area contributed by atoms with Gasteiger partial charge in [-0.2, -0.15) is 0 Å². The SMILES string of the molecule is CCC1(c2ccccc2)NC(=O)N(CC(=O)N(CC(C)C)c2c(N)n(Cc3ccccc3)c(=O)[nH]c2=O)C1=O. The third-order valence-electron chi connectivity index (χ3n) is 6.78. The zero-order valence-electron chi connectivity index (χ0n) is 22.1. The van der Waals surface area contributed by atoms with Gasteiger partial charge in [-0.3, -0.25) is 28.8 Å². The first-order chi connectivity index (χ1) is 18.6. The lowest BCUT2D eigenvalue weighted by molar-refractivity contribution is -0.134. The molecule has 204 valence electrons. The molecule has 11 nitrogen and oxygen atoms in total. The number of benzene rings is 2. The molecule has 0 aliphatic carbocycles. The average Bonchev–Trinajstić information content (AvgIpc) is 3.16. The largest absolute Gasteiger partial charge is 0.383 e. The van der Waals surface area contributed by atoms with E-state index in [2.05, 4.69) is 10.3 Å². The van der Waals surface area contributed by atoms with E-state index >= 15 is 0 Å². The Hall–Kier alpha value is -4.67. The van der Waals surface area contributed by atoms with Crippen LogP contribution >= 0.6 is 0 Å². The van der Waals surface area contributed by atoms with E-state index in [1.165, 1.54) is 4.57 Å². The van der Waals surface area contributed by atoms with Crippen molar-refractivity contribution in [2.75, 3.05) is 23.7 Å². The van der Waals surface area contributed by atoms with Crippen LogP contribution in [0.3, 0.4) is 0 Å². The van der Waals surface area contributed by atoms with Gasteiger partial charge in [-0.25, -0.2) is 9.59 Å². The number of hydrogen-bond acceptors (Lipinski definition) is 6. The molecule has 0 bridgehead atoms. The number of imide groups is 1. The summed E-state index contributed by atoms with van der Waals surface area (Å²) >= 11 is 0. The van der Waals surface area contributed by atoms with Crippen molar-refractivity contribution in [2.24, 2.45) is 5.92 Å². The highest BCUT2D eigenvalue weighted by Crippen LogP contribution is 2.32. The van der Waals surface area contributed by atoms with E-state index < -0.39 is 41.2 Å². The number of nitrogens with one attached hydrogen (secondary N) is 2. The Bertz CT molecular complexity index is 1500. The Morgan fingerprint density at radius 1 is 1.00 bits per heavy atom. The minimum atomic E-state index is -1.30. The van der Waals surface area contributed by atoms with Crippen LogP contribution in [-0.2, 0) is 21.7 Å². The van der Waals surface area contributed by atoms with Gasteiger partial charge < -0.3 is 16.0 Å². The molecule has 1 fully saturated rings. The summed E-state index contributed by atoms with van der Waals surface area (Å²) in [7, 11) is 0. The highest BCUT2D eigenvalue weighted by molar-refractivity contribution is 6.11. The fourth-order valence-electron chi connectivity index (χ4n) is 4.80. The number of rotatable bonds is 9. The molecule has 2 heterocycles. The summed E-state index contributed by atoms with van der Waals surface area (Å²) in [6.45, 7) is 4.99. The smallest absolute Gasteiger partial charge is 0.330 e. The van der Waals surface area contributed by atoms with Crippen molar-refractivity contribution < 1.29 is 14.4 Å². The molecule has 4 rings (SSSR count). The standard InChI is InChI=1S/C28H32N6O5/c1-4-28(20-13-9-6-10-14-20)25(37)34(27(39)31-28)17-21(35)32(15-18(2)3)22-23(29)33(26(38)30-24(22)36)16-19-11-7-5-8-12-19/h5-14,18H,4,15-17,29H2,1-3H3,(H,31,39)(H,30,36,38). The molecule has 0 radical (unpaired) electrons. The number of nitrogens with two attached hydrogens (primary N) is 1. The second-order valence-electron chi connectivity index (χ2n) is 9.91. The van der Waals surface area contributed by atoms with Crippen LogP contribution in [0.5, 0.6) is 0 Å². The van der Waals surface area contributed by atoms with E-state index in [0.717, 1.165) is 15.4 Å². The van der Waals surface area contributed by atoms with Crippen molar-refractivity contribution in [2.45, 2.75) is 39.3 Å². The third kappa shape index (κ3) is 5.20. The molecule has 1 aliphatic rings. The number of urea groups is 1. The second kappa shape index (κ2) is 11.0. The Labute approximate surface area is 225 Å². The molecule has 1 saturated heterocycles. The van der Waals surface area contributed by atoms with E-state index in [1.807, 2.05) is 32.0 Å². The van der Waals surface area contributed by atoms with Crippen molar-refractivity contribution in [1.29, 1.82) is 0 Å². The zero-order valence-corrected chi connectivity index (χ0v) is 22.1. The Balaban J connectivity index is 1.70. The number of nitrogen functional groups attached to an aromatic ring is 1. The Kier molecular flexibility index (Phi) is 7.70. The number of H-pyrrole nitrogens is 1. The van der Waals surface area contributed by atoms with Crippen molar-refractivity contribution >= 4 is 29.4 Å². The van der Waals surface area contributed by atoms with Gasteiger partial charge in [0.15, 0.2) is 5.69 Å². The van der Waals surface area contributed by atoms with Crippen molar-refractivity contribution in [3.05, 3.63) is 92.6 Å². The molecule has 11 heteroatoms. The van der Waals surface area contributed by atoms with Crippen LogP contribution in [0.1, 0.15) is 38.3 Å². The predicted molar refractivity (Wildman–Crippen MR) is 147 cm³/mol. The molecule has 0 saturated carbocycles. The maximum absolute atomic E-state index is 13.7. The minimum absolute atomic E-state index is 0.0664. The van der Waals surface area contributed by atoms with E-state index in [1.54, 1.807) is 49.4 Å². The first kappa shape index (κ1) is 27.4. The lowest BCUT2D eigenvalue weighted by Crippen LogP contribution is -2.48. The van der Waals surface area contributed by atoms with Gasteiger partial charge in [0.25, 0.3) is 11.5 Å². The summed E-state index contributed by atoms with van der Waals surface area (Å²) in [6, 6.07) is 17.2. The summed E-state index contributed by atoms with van der Waals surface area (Å²) in [5, 5.41) is 2.75. The van der Waals surface area contributed by atoms with Gasteiger partial charge in [0, 0.05) is 6.54 Å². The lowest BCUT2D eigenvalue weighted by atomic mass is 9.87. The van der Waals surface area contributed by atoms with E-state index in [9.17, 15) is 24.0 Å². The summed E-state index contributed by atoms with van der Waals surface area (Å²) in [5.41, 5.74) is 4.65. The Morgan fingerprint density at radius 2 is 1.62 bits per heavy atom. The highest BCUT2D eigenvalue weighted by atomic mass is 16.2. The molecule has 3 aromatic rings. The number of hydrogen-bond donors (Lipinski definition) is 3. The third-order valence-corrected chi connectivity index (χ3v) is 6.78. The van der Waals surface area contributed by atoms with Gasteiger partial charge in [0.05, 0.1) is 6.54 Å². The first-order valence-corrected chi connectivity index (χ1v) is 12.8. The fourth-order valence-corrected chi connectivity index (χ4v) is 4.80. The van der Waals surface area contributed by atoms with Crippen LogP contribution in [0.4, 0.5) is 16.3 Å². The Morgan fingerprint density at radius 3 is 2.21 bits per heavy atom. The zero-order chi connectivity index (χ0) is 28.3. The quantitative estimate of drug-likeness (QED) is 0.359. The number of nitrogens with zero attached hydrogens (tertiary/aromatic N) is 3. The summed E-state index contributed by atoms with van der Waals surface area (Å²) in [4.78, 5) is 70.1. The monoisotopic (exact) mass is 532 g/mol. The minimum Gasteiger partial charge on any atom is -0.383 e. The van der Waals surface area contributed by atoms with Crippen LogP contribution in [-0.4, -0.2) is 45.4 Å². The number of aromatic amines is 1. The maximum atomic E-state index is 13.7. The van der Waals surface area contributed by atoms with Crippen molar-refractivity contribution in [1.82, 2.24) is 19.8 Å². The molecule has 4 amide bonds. The molecule has 1 atom stereocenters. The van der Waals surface area contributed by atoms with E-state index in [-0.39, 0.29) is 36.9 Å². The molecule has 0 spiro atoms. The van der Waals surface area contributed by atoms with Crippen LogP contribution in [0.25, 0.3) is 0 Å².